The Morgan fingerprint density at radius 2 is 1.76 bits per heavy atom. The summed E-state index contributed by atoms with van der Waals surface area (Å²) in [5.74, 6) is -0.205. The molecule has 38 heavy (non-hydrogen) atoms. The molecule has 0 fully saturated rings. The molecule has 1 heterocycles. The molecule has 0 saturated carbocycles. The van der Waals surface area contributed by atoms with Crippen LogP contribution in [0, 0.1) is 0 Å². The second kappa shape index (κ2) is 14.4. The molecule has 2 aromatic carbocycles. The van der Waals surface area contributed by atoms with Crippen molar-refractivity contribution in [3.63, 3.8) is 0 Å². The van der Waals surface area contributed by atoms with E-state index in [0.29, 0.717) is 61.3 Å². The Hall–Kier alpha value is -4.39. The SMILES string of the molecule is [N-]=[N+]=NCCOCCOCCNC(=O)c1cccc(-c2cc(Nc3ccc(OC(F)(F)F)cc3)ncn2)c1. The number of nitrogens with zero attached hydrogens (tertiary/aromatic N) is 5. The maximum atomic E-state index is 12.5. The Kier molecular flexibility index (Phi) is 10.7. The van der Waals surface area contributed by atoms with E-state index in [1.807, 2.05) is 0 Å². The zero-order valence-electron chi connectivity index (χ0n) is 20.0. The summed E-state index contributed by atoms with van der Waals surface area (Å²) >= 11 is 0. The predicted molar refractivity (Wildman–Crippen MR) is 132 cm³/mol. The Bertz CT molecular complexity index is 1240. The fraction of sp³-hybridized carbons (Fsp3) is 0.292. The van der Waals surface area contributed by atoms with E-state index in [0.717, 1.165) is 0 Å². The number of alkyl halides is 3. The minimum absolute atomic E-state index is 0.260. The van der Waals surface area contributed by atoms with Crippen molar-refractivity contribution in [3.05, 3.63) is 76.9 Å². The Balaban J connectivity index is 1.50. The first-order valence-corrected chi connectivity index (χ1v) is 11.3. The van der Waals surface area contributed by atoms with Crippen molar-refractivity contribution in [2.24, 2.45) is 5.11 Å². The van der Waals surface area contributed by atoms with Gasteiger partial charge in [-0.1, -0.05) is 17.2 Å². The van der Waals surface area contributed by atoms with E-state index in [2.05, 4.69) is 35.4 Å². The minimum Gasteiger partial charge on any atom is -0.406 e. The first-order chi connectivity index (χ1) is 18.3. The van der Waals surface area contributed by atoms with Gasteiger partial charge < -0.3 is 24.8 Å². The molecule has 14 heteroatoms. The van der Waals surface area contributed by atoms with Crippen LogP contribution in [-0.2, 0) is 9.47 Å². The van der Waals surface area contributed by atoms with Crippen LogP contribution in [0.25, 0.3) is 21.7 Å². The van der Waals surface area contributed by atoms with E-state index in [-0.39, 0.29) is 18.2 Å². The Morgan fingerprint density at radius 1 is 1.00 bits per heavy atom. The topological polar surface area (TPSA) is 143 Å². The third kappa shape index (κ3) is 9.93. The molecule has 0 aliphatic carbocycles. The predicted octanol–water partition coefficient (Wildman–Crippen LogP) is 4.86. The fourth-order valence-electron chi connectivity index (χ4n) is 3.10. The molecule has 3 rings (SSSR count). The molecule has 0 aliphatic heterocycles. The minimum atomic E-state index is -4.76. The lowest BCUT2D eigenvalue weighted by molar-refractivity contribution is -0.274. The van der Waals surface area contributed by atoms with Gasteiger partial charge in [0.1, 0.15) is 17.9 Å². The van der Waals surface area contributed by atoms with Crippen molar-refractivity contribution in [1.82, 2.24) is 15.3 Å². The van der Waals surface area contributed by atoms with E-state index in [9.17, 15) is 18.0 Å². The number of hydrogen-bond donors (Lipinski definition) is 2. The highest BCUT2D eigenvalue weighted by molar-refractivity contribution is 5.95. The normalized spacial score (nSPS) is 10.9. The molecule has 200 valence electrons. The smallest absolute Gasteiger partial charge is 0.406 e. The number of benzene rings is 2. The van der Waals surface area contributed by atoms with Crippen molar-refractivity contribution in [3.8, 4) is 17.0 Å². The number of anilines is 2. The monoisotopic (exact) mass is 531 g/mol. The standard InChI is InChI=1S/C24H24F3N7O4/c25-24(26,27)38-20-6-4-19(5-7-20)33-22-15-21(30-16-31-22)17-2-1-3-18(14-17)23(35)29-8-10-36-12-13-37-11-9-32-34-28/h1-7,14-16H,8-13H2,(H,29,35)(H,30,31,33). The molecule has 0 aliphatic rings. The zero-order valence-corrected chi connectivity index (χ0v) is 20.0. The highest BCUT2D eigenvalue weighted by atomic mass is 19.4. The van der Waals surface area contributed by atoms with Gasteiger partial charge in [-0.15, -0.1) is 13.2 Å². The van der Waals surface area contributed by atoms with Crippen LogP contribution in [0.3, 0.4) is 0 Å². The van der Waals surface area contributed by atoms with E-state index in [1.165, 1.54) is 30.6 Å². The highest BCUT2D eigenvalue weighted by Crippen LogP contribution is 2.26. The summed E-state index contributed by atoms with van der Waals surface area (Å²) in [5, 5.41) is 9.12. The van der Waals surface area contributed by atoms with Gasteiger partial charge in [-0.3, -0.25) is 4.79 Å². The molecule has 0 saturated heterocycles. The molecule has 0 bridgehead atoms. The molecule has 0 radical (unpaired) electrons. The molecular weight excluding hydrogens is 507 g/mol. The summed E-state index contributed by atoms with van der Waals surface area (Å²) in [4.78, 5) is 23.5. The van der Waals surface area contributed by atoms with Crippen LogP contribution >= 0.6 is 0 Å². The Labute approximate surface area is 215 Å². The van der Waals surface area contributed by atoms with Crippen LogP contribution in [0.4, 0.5) is 24.7 Å². The number of azide groups is 1. The van der Waals surface area contributed by atoms with Crippen molar-refractivity contribution in [2.75, 3.05) is 44.8 Å². The summed E-state index contributed by atoms with van der Waals surface area (Å²) in [6, 6.07) is 13.7. The maximum Gasteiger partial charge on any atom is 0.573 e. The third-order valence-electron chi connectivity index (χ3n) is 4.75. The summed E-state index contributed by atoms with van der Waals surface area (Å²) in [5.41, 5.74) is 10.3. The van der Waals surface area contributed by atoms with E-state index in [1.54, 1.807) is 30.3 Å². The van der Waals surface area contributed by atoms with Crippen molar-refractivity contribution < 1.29 is 32.2 Å². The molecule has 11 nitrogen and oxygen atoms in total. The molecule has 0 spiro atoms. The van der Waals surface area contributed by atoms with Crippen LogP contribution in [0.15, 0.2) is 66.0 Å². The number of halogens is 3. The van der Waals surface area contributed by atoms with E-state index >= 15 is 0 Å². The summed E-state index contributed by atoms with van der Waals surface area (Å²) in [6.45, 7) is 1.88. The number of rotatable bonds is 14. The average molecular weight is 531 g/mol. The molecule has 1 amide bonds. The second-order valence-electron chi connectivity index (χ2n) is 7.50. The fourth-order valence-corrected chi connectivity index (χ4v) is 3.10. The first-order valence-electron chi connectivity index (χ1n) is 11.3. The number of ether oxygens (including phenoxy) is 3. The van der Waals surface area contributed by atoms with Crippen LogP contribution in [0.2, 0.25) is 0 Å². The van der Waals surface area contributed by atoms with Crippen LogP contribution < -0.4 is 15.4 Å². The number of carbonyl (C=O) groups excluding carboxylic acids is 1. The summed E-state index contributed by atoms with van der Waals surface area (Å²) < 4.78 is 51.5. The van der Waals surface area contributed by atoms with E-state index in [4.69, 9.17) is 15.0 Å². The lowest BCUT2D eigenvalue weighted by atomic mass is 10.1. The van der Waals surface area contributed by atoms with Crippen LogP contribution in [-0.4, -0.2) is 61.8 Å². The zero-order chi connectivity index (χ0) is 27.2. The maximum absolute atomic E-state index is 12.5. The van der Waals surface area contributed by atoms with Gasteiger partial charge in [-0.2, -0.15) is 0 Å². The largest absolute Gasteiger partial charge is 0.573 e. The van der Waals surface area contributed by atoms with Crippen molar-refractivity contribution in [1.29, 1.82) is 0 Å². The van der Waals surface area contributed by atoms with Gasteiger partial charge in [-0.25, -0.2) is 9.97 Å². The number of aromatic nitrogens is 2. The van der Waals surface area contributed by atoms with E-state index < -0.39 is 6.36 Å². The highest BCUT2D eigenvalue weighted by Gasteiger charge is 2.30. The van der Waals surface area contributed by atoms with Gasteiger partial charge in [0.2, 0.25) is 0 Å². The second-order valence-corrected chi connectivity index (χ2v) is 7.50. The first kappa shape index (κ1) is 28.2. The summed E-state index contributed by atoms with van der Waals surface area (Å²) in [7, 11) is 0. The molecular formula is C24H24F3N7O4. The molecule has 2 N–H and O–H groups in total. The van der Waals surface area contributed by atoms with Gasteiger partial charge in [0, 0.05) is 40.9 Å². The molecule has 1 aromatic heterocycles. The lowest BCUT2D eigenvalue weighted by Crippen LogP contribution is -2.27. The number of hydrogen-bond acceptors (Lipinski definition) is 8. The quantitative estimate of drug-likeness (QED) is 0.131. The number of amides is 1. The lowest BCUT2D eigenvalue weighted by Gasteiger charge is -2.11. The van der Waals surface area contributed by atoms with Gasteiger partial charge in [0.15, 0.2) is 0 Å². The Morgan fingerprint density at radius 3 is 2.50 bits per heavy atom. The van der Waals surface area contributed by atoms with Gasteiger partial charge in [0.25, 0.3) is 5.91 Å². The van der Waals surface area contributed by atoms with Gasteiger partial charge in [0.05, 0.1) is 32.1 Å². The van der Waals surface area contributed by atoms with Crippen molar-refractivity contribution in [2.45, 2.75) is 6.36 Å². The van der Waals surface area contributed by atoms with Crippen LogP contribution in [0.5, 0.6) is 5.75 Å². The summed E-state index contributed by atoms with van der Waals surface area (Å²) in [6.07, 6.45) is -3.43. The molecule has 0 unspecified atom stereocenters. The molecule has 3 aromatic rings. The molecule has 0 atom stereocenters. The number of nitrogens with one attached hydrogen (secondary N) is 2. The average Bonchev–Trinajstić information content (AvgIpc) is 2.90. The third-order valence-corrected chi connectivity index (χ3v) is 4.75. The van der Waals surface area contributed by atoms with Crippen LogP contribution in [0.1, 0.15) is 10.4 Å². The number of carbonyl (C=O) groups is 1. The van der Waals surface area contributed by atoms with Gasteiger partial charge in [-0.05, 0) is 41.9 Å². The van der Waals surface area contributed by atoms with Crippen molar-refractivity contribution >= 4 is 17.4 Å². The van der Waals surface area contributed by atoms with Gasteiger partial charge >= 0.3 is 6.36 Å².